The molecule has 1 fully saturated rings. The van der Waals surface area contributed by atoms with Crippen LogP contribution in [0, 0.1) is 27.5 Å². The zero-order chi connectivity index (χ0) is 17.3. The molecule has 0 N–H and O–H groups in total. The summed E-state index contributed by atoms with van der Waals surface area (Å²) in [5, 5.41) is 19.8. The summed E-state index contributed by atoms with van der Waals surface area (Å²) in [7, 11) is 0. The van der Waals surface area contributed by atoms with Crippen LogP contribution in [0.1, 0.15) is 38.2 Å². The number of rotatable bonds is 3. The maximum absolute atomic E-state index is 12.4. The molecule has 2 aliphatic heterocycles. The Labute approximate surface area is 140 Å². The van der Waals surface area contributed by atoms with Crippen LogP contribution in [-0.4, -0.2) is 23.0 Å². The molecule has 1 saturated heterocycles. The molecule has 2 atom stereocenters. The molecule has 2 heterocycles. The highest BCUT2D eigenvalue weighted by molar-refractivity contribution is 5.79. The summed E-state index contributed by atoms with van der Waals surface area (Å²) in [6.45, 7) is 2.84. The summed E-state index contributed by atoms with van der Waals surface area (Å²) in [6, 6.07) is 4.84. The van der Waals surface area contributed by atoms with Crippen molar-refractivity contribution in [2.45, 2.75) is 44.6 Å². The standard InChI is InChI=1S/C17H19N3O4/c1-2-17-7-3-4-8-19(17)15-6-5-13(20(22)23)9-12(15)10-14(17)16(21)24-11-18/h5-6,9,14H,2-4,7-8,10H2,1H3. The number of esters is 1. The van der Waals surface area contributed by atoms with Gasteiger partial charge in [0.1, 0.15) is 0 Å². The van der Waals surface area contributed by atoms with Gasteiger partial charge in [0.05, 0.1) is 16.4 Å². The predicted octanol–water partition coefficient (Wildman–Crippen LogP) is 2.93. The molecule has 126 valence electrons. The Morgan fingerprint density at radius 1 is 1.54 bits per heavy atom. The molecule has 0 radical (unpaired) electrons. The normalized spacial score (nSPS) is 25.2. The number of carbonyl (C=O) groups excluding carboxylic acids is 1. The van der Waals surface area contributed by atoms with Crippen molar-refractivity contribution in [1.82, 2.24) is 0 Å². The number of piperidine rings is 1. The summed E-state index contributed by atoms with van der Waals surface area (Å²) >= 11 is 0. The summed E-state index contributed by atoms with van der Waals surface area (Å²) in [6.07, 6.45) is 5.48. The third-order valence-electron chi connectivity index (χ3n) is 5.46. The number of nitrogens with zero attached hydrogens (tertiary/aromatic N) is 3. The van der Waals surface area contributed by atoms with Crippen LogP contribution in [0.3, 0.4) is 0 Å². The van der Waals surface area contributed by atoms with Gasteiger partial charge in [-0.05, 0) is 43.7 Å². The number of ether oxygens (including phenoxy) is 1. The third kappa shape index (κ3) is 2.39. The SMILES string of the molecule is CCC12CCCCN1c1ccc([N+](=O)[O-])cc1CC2C(=O)OC#N. The molecule has 0 aromatic heterocycles. The highest BCUT2D eigenvalue weighted by Crippen LogP contribution is 2.48. The Hall–Kier alpha value is -2.62. The van der Waals surface area contributed by atoms with Crippen LogP contribution >= 0.6 is 0 Å². The van der Waals surface area contributed by atoms with E-state index in [0.717, 1.165) is 43.5 Å². The van der Waals surface area contributed by atoms with Crippen molar-refractivity contribution >= 4 is 17.3 Å². The lowest BCUT2D eigenvalue weighted by molar-refractivity contribution is -0.384. The van der Waals surface area contributed by atoms with Crippen LogP contribution in [-0.2, 0) is 16.0 Å². The Morgan fingerprint density at radius 3 is 3.00 bits per heavy atom. The molecule has 24 heavy (non-hydrogen) atoms. The van der Waals surface area contributed by atoms with Crippen molar-refractivity contribution in [1.29, 1.82) is 5.26 Å². The Morgan fingerprint density at radius 2 is 2.33 bits per heavy atom. The number of carbonyl (C=O) groups is 1. The molecule has 7 heteroatoms. The minimum atomic E-state index is -0.539. The molecule has 2 aliphatic rings. The van der Waals surface area contributed by atoms with Gasteiger partial charge in [-0.2, -0.15) is 0 Å². The van der Waals surface area contributed by atoms with Crippen molar-refractivity contribution in [3.63, 3.8) is 0 Å². The third-order valence-corrected chi connectivity index (χ3v) is 5.46. The van der Waals surface area contributed by atoms with Gasteiger partial charge in [0.2, 0.25) is 0 Å². The molecule has 0 spiro atoms. The molecule has 0 amide bonds. The van der Waals surface area contributed by atoms with E-state index in [1.807, 2.05) is 6.92 Å². The van der Waals surface area contributed by atoms with Crippen LogP contribution in [0.2, 0.25) is 0 Å². The van der Waals surface area contributed by atoms with E-state index in [2.05, 4.69) is 9.64 Å². The number of hydrogen-bond acceptors (Lipinski definition) is 6. The lowest BCUT2D eigenvalue weighted by Gasteiger charge is -2.55. The Balaban J connectivity index is 2.11. The molecule has 0 saturated carbocycles. The zero-order valence-electron chi connectivity index (χ0n) is 13.5. The molecule has 1 aromatic carbocycles. The van der Waals surface area contributed by atoms with E-state index in [1.165, 1.54) is 18.4 Å². The molecule has 0 bridgehead atoms. The average molecular weight is 329 g/mol. The number of hydrogen-bond donors (Lipinski definition) is 0. The van der Waals surface area contributed by atoms with Crippen molar-refractivity contribution in [2.75, 3.05) is 11.4 Å². The van der Waals surface area contributed by atoms with Crippen LogP contribution in [0.25, 0.3) is 0 Å². The quantitative estimate of drug-likeness (QED) is 0.366. The van der Waals surface area contributed by atoms with E-state index in [9.17, 15) is 14.9 Å². The molecule has 0 aliphatic carbocycles. The van der Waals surface area contributed by atoms with E-state index in [-0.39, 0.29) is 11.2 Å². The van der Waals surface area contributed by atoms with Gasteiger partial charge in [0, 0.05) is 24.4 Å². The first-order chi connectivity index (χ1) is 11.5. The molecular weight excluding hydrogens is 310 g/mol. The van der Waals surface area contributed by atoms with Gasteiger partial charge < -0.3 is 9.64 Å². The number of nitriles is 1. The van der Waals surface area contributed by atoms with E-state index < -0.39 is 16.8 Å². The lowest BCUT2D eigenvalue weighted by atomic mass is 9.68. The fourth-order valence-electron chi connectivity index (χ4n) is 4.34. The number of anilines is 1. The fourth-order valence-corrected chi connectivity index (χ4v) is 4.34. The summed E-state index contributed by atoms with van der Waals surface area (Å²) in [5.41, 5.74) is 1.37. The smallest absolute Gasteiger partial charge is 0.327 e. The van der Waals surface area contributed by atoms with Gasteiger partial charge in [-0.15, -0.1) is 5.26 Å². The number of non-ortho nitro benzene ring substituents is 1. The maximum atomic E-state index is 12.4. The topological polar surface area (TPSA) is 96.5 Å². The van der Waals surface area contributed by atoms with E-state index in [1.54, 1.807) is 6.07 Å². The van der Waals surface area contributed by atoms with E-state index >= 15 is 0 Å². The molecule has 1 aromatic rings. The molecule has 7 nitrogen and oxygen atoms in total. The van der Waals surface area contributed by atoms with Crippen molar-refractivity contribution in [3.05, 3.63) is 33.9 Å². The van der Waals surface area contributed by atoms with Crippen molar-refractivity contribution < 1.29 is 14.5 Å². The number of fused-ring (bicyclic) bond motifs is 3. The Bertz CT molecular complexity index is 727. The van der Waals surface area contributed by atoms with Crippen molar-refractivity contribution in [3.8, 4) is 6.26 Å². The Kier molecular flexibility index (Phi) is 4.14. The second-order valence-electron chi connectivity index (χ2n) is 6.41. The first kappa shape index (κ1) is 16.2. The molecule has 3 rings (SSSR count). The first-order valence-electron chi connectivity index (χ1n) is 8.18. The van der Waals surface area contributed by atoms with Gasteiger partial charge in [-0.25, -0.2) is 0 Å². The first-order valence-corrected chi connectivity index (χ1v) is 8.18. The minimum absolute atomic E-state index is 0.0159. The van der Waals surface area contributed by atoms with Crippen LogP contribution < -0.4 is 4.90 Å². The maximum Gasteiger partial charge on any atom is 0.327 e. The highest BCUT2D eigenvalue weighted by atomic mass is 16.6. The minimum Gasteiger partial charge on any atom is -0.365 e. The predicted molar refractivity (Wildman–Crippen MR) is 86.2 cm³/mol. The second kappa shape index (κ2) is 6.11. The van der Waals surface area contributed by atoms with Gasteiger partial charge in [-0.1, -0.05) is 6.92 Å². The van der Waals surface area contributed by atoms with Crippen LogP contribution in [0.5, 0.6) is 0 Å². The molecular formula is C17H19N3O4. The fraction of sp³-hybridized carbons (Fsp3) is 0.529. The molecule has 2 unspecified atom stereocenters. The summed E-state index contributed by atoms with van der Waals surface area (Å²) < 4.78 is 4.66. The van der Waals surface area contributed by atoms with Gasteiger partial charge in [-0.3, -0.25) is 14.9 Å². The second-order valence-corrected chi connectivity index (χ2v) is 6.41. The summed E-state index contributed by atoms with van der Waals surface area (Å²) in [4.78, 5) is 25.3. The van der Waals surface area contributed by atoms with Gasteiger partial charge >= 0.3 is 5.97 Å². The average Bonchev–Trinajstić information content (AvgIpc) is 2.60. The lowest BCUT2D eigenvalue weighted by Crippen LogP contribution is -2.61. The largest absolute Gasteiger partial charge is 0.365 e. The number of nitro benzene ring substituents is 1. The number of benzene rings is 1. The van der Waals surface area contributed by atoms with Crippen LogP contribution in [0.15, 0.2) is 18.2 Å². The van der Waals surface area contributed by atoms with Crippen LogP contribution in [0.4, 0.5) is 11.4 Å². The number of nitro groups is 1. The monoisotopic (exact) mass is 329 g/mol. The van der Waals surface area contributed by atoms with Crippen molar-refractivity contribution in [2.24, 2.45) is 5.92 Å². The highest BCUT2D eigenvalue weighted by Gasteiger charge is 2.51. The van der Waals surface area contributed by atoms with Gasteiger partial charge in [0.15, 0.2) is 0 Å². The zero-order valence-corrected chi connectivity index (χ0v) is 13.5. The van der Waals surface area contributed by atoms with Gasteiger partial charge in [0.25, 0.3) is 11.9 Å². The van der Waals surface area contributed by atoms with E-state index in [0.29, 0.717) is 6.42 Å². The summed E-state index contributed by atoms with van der Waals surface area (Å²) in [5.74, 6) is -1.03. The van der Waals surface area contributed by atoms with E-state index in [4.69, 9.17) is 5.26 Å².